The Balaban J connectivity index is 1.48. The third-order valence-corrected chi connectivity index (χ3v) is 7.33. The van der Waals surface area contributed by atoms with Crippen LogP contribution < -0.4 is 0 Å². The van der Waals surface area contributed by atoms with E-state index >= 15 is 0 Å². The molecule has 3 aromatic rings. The van der Waals surface area contributed by atoms with Crippen molar-refractivity contribution in [3.8, 4) is 0 Å². The second kappa shape index (κ2) is 7.92. The largest absolute Gasteiger partial charge is 0.338 e. The fraction of sp³-hybridized carbons (Fsp3) is 0.368. The molecular formula is C19H21N3O3S2. The zero-order valence-corrected chi connectivity index (χ0v) is 16.5. The molecule has 0 saturated carbocycles. The molecule has 1 unspecified atom stereocenters. The summed E-state index contributed by atoms with van der Waals surface area (Å²) in [5, 5.41) is 6.12. The van der Waals surface area contributed by atoms with E-state index in [1.54, 1.807) is 11.3 Å². The Labute approximate surface area is 162 Å². The standard InChI is InChI=1S/C19H21N3O3S2/c23-27(24)10-8-16(14-27)22(12-17-7-4-9-26-17)13-19-20-18(21-25-19)11-15-5-2-1-3-6-15/h1-7,9,16H,8,10-14H2. The monoisotopic (exact) mass is 403 g/mol. The van der Waals surface area contributed by atoms with Gasteiger partial charge in [-0.15, -0.1) is 11.3 Å². The summed E-state index contributed by atoms with van der Waals surface area (Å²) in [5.74, 6) is 1.62. The molecule has 0 bridgehead atoms. The van der Waals surface area contributed by atoms with Gasteiger partial charge in [-0.25, -0.2) is 8.42 Å². The van der Waals surface area contributed by atoms with Gasteiger partial charge in [-0.1, -0.05) is 41.6 Å². The number of aromatic nitrogens is 2. The molecule has 27 heavy (non-hydrogen) atoms. The van der Waals surface area contributed by atoms with Gasteiger partial charge in [-0.3, -0.25) is 4.90 Å². The highest BCUT2D eigenvalue weighted by Gasteiger charge is 2.33. The minimum atomic E-state index is -2.95. The fourth-order valence-corrected chi connectivity index (χ4v) is 5.85. The first-order valence-electron chi connectivity index (χ1n) is 8.90. The Morgan fingerprint density at radius 2 is 2.00 bits per heavy atom. The first-order chi connectivity index (χ1) is 13.1. The van der Waals surface area contributed by atoms with Gasteiger partial charge in [-0.05, 0) is 23.4 Å². The van der Waals surface area contributed by atoms with E-state index in [4.69, 9.17) is 4.52 Å². The Hall–Kier alpha value is -2.03. The maximum absolute atomic E-state index is 11.9. The molecule has 1 saturated heterocycles. The van der Waals surface area contributed by atoms with Gasteiger partial charge in [0.05, 0.1) is 18.1 Å². The minimum absolute atomic E-state index is 0.0124. The number of thiophene rings is 1. The minimum Gasteiger partial charge on any atom is -0.338 e. The van der Waals surface area contributed by atoms with Crippen molar-refractivity contribution >= 4 is 21.2 Å². The first-order valence-corrected chi connectivity index (χ1v) is 11.6. The molecule has 0 amide bonds. The van der Waals surface area contributed by atoms with Crippen molar-refractivity contribution in [1.29, 1.82) is 0 Å². The van der Waals surface area contributed by atoms with Crippen LogP contribution in [0.5, 0.6) is 0 Å². The summed E-state index contributed by atoms with van der Waals surface area (Å²) in [6, 6.07) is 14.1. The molecule has 1 aliphatic rings. The summed E-state index contributed by atoms with van der Waals surface area (Å²) in [4.78, 5) is 7.86. The SMILES string of the molecule is O=S1(=O)CCC(N(Cc2nc(Cc3ccccc3)no2)Cc2cccs2)C1. The summed E-state index contributed by atoms with van der Waals surface area (Å²) < 4.78 is 29.3. The zero-order valence-electron chi connectivity index (χ0n) is 14.8. The molecule has 4 rings (SSSR count). The van der Waals surface area contributed by atoms with Crippen LogP contribution in [0.25, 0.3) is 0 Å². The molecule has 142 valence electrons. The number of sulfone groups is 1. The Bertz CT molecular complexity index is 969. The van der Waals surface area contributed by atoms with Gasteiger partial charge in [-0.2, -0.15) is 4.98 Å². The van der Waals surface area contributed by atoms with Crippen molar-refractivity contribution in [2.75, 3.05) is 11.5 Å². The van der Waals surface area contributed by atoms with Crippen molar-refractivity contribution in [1.82, 2.24) is 15.0 Å². The summed E-state index contributed by atoms with van der Waals surface area (Å²) in [6.45, 7) is 1.15. The quantitative estimate of drug-likeness (QED) is 0.604. The molecule has 1 aliphatic heterocycles. The van der Waals surface area contributed by atoms with Crippen molar-refractivity contribution in [3.05, 3.63) is 70.0 Å². The average molecular weight is 404 g/mol. The lowest BCUT2D eigenvalue weighted by molar-refractivity contribution is 0.170. The van der Waals surface area contributed by atoms with Crippen LogP contribution in [0.3, 0.4) is 0 Å². The van der Waals surface area contributed by atoms with Crippen molar-refractivity contribution in [2.24, 2.45) is 0 Å². The van der Waals surface area contributed by atoms with Crippen LogP contribution in [0.1, 0.15) is 28.6 Å². The second-order valence-electron chi connectivity index (χ2n) is 6.81. The van der Waals surface area contributed by atoms with Crippen molar-refractivity contribution in [3.63, 3.8) is 0 Å². The molecule has 8 heteroatoms. The van der Waals surface area contributed by atoms with Gasteiger partial charge in [0.1, 0.15) is 0 Å². The third-order valence-electron chi connectivity index (χ3n) is 4.72. The van der Waals surface area contributed by atoms with Gasteiger partial charge < -0.3 is 4.52 Å². The number of hydrogen-bond acceptors (Lipinski definition) is 7. The van der Waals surface area contributed by atoms with E-state index in [0.717, 1.165) is 5.56 Å². The highest BCUT2D eigenvalue weighted by atomic mass is 32.2. The van der Waals surface area contributed by atoms with Crippen LogP contribution in [-0.2, 0) is 29.3 Å². The molecule has 2 aromatic heterocycles. The first kappa shape index (κ1) is 18.3. The Morgan fingerprint density at radius 1 is 1.15 bits per heavy atom. The molecule has 0 radical (unpaired) electrons. The topological polar surface area (TPSA) is 76.3 Å². The molecule has 6 nitrogen and oxygen atoms in total. The molecule has 1 atom stereocenters. The van der Waals surface area contributed by atoms with Gasteiger partial charge in [0, 0.05) is 23.9 Å². The van der Waals surface area contributed by atoms with E-state index in [1.807, 2.05) is 41.8 Å². The van der Waals surface area contributed by atoms with Crippen molar-refractivity contribution < 1.29 is 12.9 Å². The second-order valence-corrected chi connectivity index (χ2v) is 10.1. The van der Waals surface area contributed by atoms with Gasteiger partial charge in [0.2, 0.25) is 5.89 Å². The number of hydrogen-bond donors (Lipinski definition) is 0. The van der Waals surface area contributed by atoms with E-state index in [1.165, 1.54) is 4.88 Å². The van der Waals surface area contributed by atoms with Gasteiger partial charge in [0.25, 0.3) is 0 Å². The highest BCUT2D eigenvalue weighted by molar-refractivity contribution is 7.91. The summed E-state index contributed by atoms with van der Waals surface area (Å²) >= 11 is 1.67. The van der Waals surface area contributed by atoms with Crippen LogP contribution in [0.4, 0.5) is 0 Å². The van der Waals surface area contributed by atoms with E-state index in [2.05, 4.69) is 21.1 Å². The predicted octanol–water partition coefficient (Wildman–Crippen LogP) is 2.91. The summed E-state index contributed by atoms with van der Waals surface area (Å²) in [6.07, 6.45) is 1.27. The van der Waals surface area contributed by atoms with E-state index in [0.29, 0.717) is 37.6 Å². The predicted molar refractivity (Wildman–Crippen MR) is 104 cm³/mol. The highest BCUT2D eigenvalue weighted by Crippen LogP contribution is 2.23. The molecule has 1 fully saturated rings. The van der Waals surface area contributed by atoms with Gasteiger partial charge >= 0.3 is 0 Å². The number of rotatable bonds is 7. The smallest absolute Gasteiger partial charge is 0.240 e. The maximum Gasteiger partial charge on any atom is 0.240 e. The lowest BCUT2D eigenvalue weighted by Gasteiger charge is -2.25. The third kappa shape index (κ3) is 4.82. The molecular weight excluding hydrogens is 382 g/mol. The maximum atomic E-state index is 11.9. The lowest BCUT2D eigenvalue weighted by Crippen LogP contribution is -2.35. The van der Waals surface area contributed by atoms with Crippen LogP contribution in [0.2, 0.25) is 0 Å². The molecule has 0 spiro atoms. The average Bonchev–Trinajstić information content (AvgIpc) is 3.38. The van der Waals surface area contributed by atoms with Crippen LogP contribution in [-0.4, -0.2) is 41.0 Å². The number of nitrogens with zero attached hydrogens (tertiary/aromatic N) is 3. The van der Waals surface area contributed by atoms with Crippen LogP contribution >= 0.6 is 11.3 Å². The van der Waals surface area contributed by atoms with Crippen LogP contribution in [0, 0.1) is 0 Å². The molecule has 0 N–H and O–H groups in total. The molecule has 1 aromatic carbocycles. The normalized spacial score (nSPS) is 18.9. The molecule has 3 heterocycles. The number of benzene rings is 1. The van der Waals surface area contributed by atoms with E-state index in [9.17, 15) is 8.42 Å². The van der Waals surface area contributed by atoms with E-state index < -0.39 is 9.84 Å². The summed E-state index contributed by atoms with van der Waals surface area (Å²) in [5.41, 5.74) is 1.13. The van der Waals surface area contributed by atoms with Crippen LogP contribution in [0.15, 0.2) is 52.4 Å². The Morgan fingerprint density at radius 3 is 2.70 bits per heavy atom. The Kier molecular flexibility index (Phi) is 5.38. The van der Waals surface area contributed by atoms with Gasteiger partial charge in [0.15, 0.2) is 15.7 Å². The molecule has 0 aliphatic carbocycles. The zero-order chi connectivity index (χ0) is 18.7. The lowest BCUT2D eigenvalue weighted by atomic mass is 10.1. The fourth-order valence-electron chi connectivity index (χ4n) is 3.36. The van der Waals surface area contributed by atoms with Crippen molar-refractivity contribution in [2.45, 2.75) is 32.0 Å². The summed E-state index contributed by atoms with van der Waals surface area (Å²) in [7, 11) is -2.95. The van der Waals surface area contributed by atoms with E-state index in [-0.39, 0.29) is 17.5 Å².